The molecule has 0 aliphatic carbocycles. The molecular weight excluding hydrogens is 322 g/mol. The predicted octanol–water partition coefficient (Wildman–Crippen LogP) is 3.77. The number of carbonyl (C=O) groups is 1. The molecule has 1 amide bonds. The highest BCUT2D eigenvalue weighted by atomic mass is 32.1. The molecule has 3 aromatic rings. The van der Waals surface area contributed by atoms with Gasteiger partial charge in [0.15, 0.2) is 5.01 Å². The fraction of sp³-hybridized carbons (Fsp3) is 0.267. The molecule has 120 valence electrons. The molecule has 3 heterocycles. The topological polar surface area (TPSA) is 59.8 Å². The van der Waals surface area contributed by atoms with E-state index in [0.717, 1.165) is 34.7 Å². The highest BCUT2D eigenvalue weighted by Crippen LogP contribution is 2.38. The van der Waals surface area contributed by atoms with Crippen LogP contribution in [0.25, 0.3) is 21.3 Å². The van der Waals surface area contributed by atoms with E-state index in [2.05, 4.69) is 15.3 Å². The lowest BCUT2D eigenvalue weighted by Crippen LogP contribution is -2.07. The summed E-state index contributed by atoms with van der Waals surface area (Å²) in [4.78, 5) is 19.8. The van der Waals surface area contributed by atoms with Crippen LogP contribution in [0.4, 0.5) is 14.6 Å². The second-order valence-electron chi connectivity index (χ2n) is 5.34. The summed E-state index contributed by atoms with van der Waals surface area (Å²) < 4.78 is 28.7. The first kappa shape index (κ1) is 15.5. The van der Waals surface area contributed by atoms with Crippen LogP contribution in [-0.4, -0.2) is 20.4 Å². The lowest BCUT2D eigenvalue weighted by molar-refractivity contribution is -0.114. The largest absolute Gasteiger partial charge is 0.349 e. The zero-order valence-electron chi connectivity index (χ0n) is 12.7. The number of carbonyl (C=O) groups excluding carboxylic acids is 1. The van der Waals surface area contributed by atoms with Crippen molar-refractivity contribution in [2.24, 2.45) is 7.05 Å². The van der Waals surface area contributed by atoms with Crippen molar-refractivity contribution >= 4 is 34.0 Å². The third-order valence-electron chi connectivity index (χ3n) is 3.33. The summed E-state index contributed by atoms with van der Waals surface area (Å²) in [6.45, 7) is 2.23. The molecule has 5 nitrogen and oxygen atoms in total. The van der Waals surface area contributed by atoms with Crippen molar-refractivity contribution in [1.29, 1.82) is 0 Å². The Labute approximate surface area is 135 Å². The van der Waals surface area contributed by atoms with Crippen molar-refractivity contribution in [3.8, 4) is 10.4 Å². The van der Waals surface area contributed by atoms with Gasteiger partial charge in [0.1, 0.15) is 5.82 Å². The van der Waals surface area contributed by atoms with Gasteiger partial charge in [0, 0.05) is 44.2 Å². The number of hydrogen-bond donors (Lipinski definition) is 1. The smallest absolute Gasteiger partial charge is 0.296 e. The van der Waals surface area contributed by atoms with E-state index in [4.69, 9.17) is 0 Å². The minimum atomic E-state index is -2.96. The molecule has 0 atom stereocenters. The fourth-order valence-corrected chi connectivity index (χ4v) is 3.20. The van der Waals surface area contributed by atoms with Crippen molar-refractivity contribution in [2.75, 3.05) is 5.32 Å². The minimum absolute atomic E-state index is 0.222. The number of aryl methyl sites for hydroxylation is 1. The Morgan fingerprint density at radius 3 is 2.70 bits per heavy atom. The highest BCUT2D eigenvalue weighted by Gasteiger charge is 2.29. The van der Waals surface area contributed by atoms with Crippen LogP contribution >= 0.6 is 11.3 Å². The maximum Gasteiger partial charge on any atom is 0.296 e. The molecule has 0 aromatic carbocycles. The first-order valence-corrected chi connectivity index (χ1v) is 7.64. The Morgan fingerprint density at radius 2 is 2.09 bits per heavy atom. The van der Waals surface area contributed by atoms with Gasteiger partial charge in [-0.3, -0.25) is 4.79 Å². The number of amides is 1. The van der Waals surface area contributed by atoms with Gasteiger partial charge < -0.3 is 9.88 Å². The van der Waals surface area contributed by atoms with E-state index in [1.165, 1.54) is 13.1 Å². The summed E-state index contributed by atoms with van der Waals surface area (Å²) in [7, 11) is 1.85. The molecule has 0 spiro atoms. The molecule has 3 aromatic heterocycles. The number of halogens is 2. The lowest BCUT2D eigenvalue weighted by atomic mass is 10.2. The van der Waals surface area contributed by atoms with Gasteiger partial charge in [0.2, 0.25) is 5.91 Å². The van der Waals surface area contributed by atoms with Crippen molar-refractivity contribution in [3.05, 3.63) is 29.7 Å². The number of rotatable bonds is 3. The van der Waals surface area contributed by atoms with E-state index in [1.54, 1.807) is 12.3 Å². The summed E-state index contributed by atoms with van der Waals surface area (Å²) in [5, 5.41) is 3.22. The standard InChI is InChI=1S/C15H14F2N4OS/c1-8(22)20-13-4-9-10(7-21(3)11(9)5-18-13)12-6-19-14(23-12)15(2,16)17/h4-7H,1-3H3,(H,18,20,22). The Bertz CT molecular complexity index is 895. The van der Waals surface area contributed by atoms with Crippen LogP contribution in [0.2, 0.25) is 0 Å². The molecule has 0 saturated carbocycles. The molecule has 1 N–H and O–H groups in total. The number of hydrogen-bond acceptors (Lipinski definition) is 4. The SMILES string of the molecule is CC(=O)Nc1cc2c(-c3cnc(C(C)(F)F)s3)cn(C)c2cn1. The first-order valence-electron chi connectivity index (χ1n) is 6.83. The minimum Gasteiger partial charge on any atom is -0.349 e. The number of fused-ring (bicyclic) bond motifs is 1. The molecular formula is C15H14F2N4OS. The van der Waals surface area contributed by atoms with Gasteiger partial charge in [0.05, 0.1) is 16.6 Å². The van der Waals surface area contributed by atoms with Crippen molar-refractivity contribution in [1.82, 2.24) is 14.5 Å². The second-order valence-corrected chi connectivity index (χ2v) is 6.37. The van der Waals surface area contributed by atoms with E-state index in [9.17, 15) is 13.6 Å². The van der Waals surface area contributed by atoms with E-state index in [1.807, 2.05) is 17.8 Å². The van der Waals surface area contributed by atoms with Crippen molar-refractivity contribution in [3.63, 3.8) is 0 Å². The third kappa shape index (κ3) is 2.94. The van der Waals surface area contributed by atoms with Gasteiger partial charge in [-0.05, 0) is 6.07 Å². The number of anilines is 1. The molecule has 8 heteroatoms. The Balaban J connectivity index is 2.13. The van der Waals surface area contributed by atoms with Gasteiger partial charge in [-0.25, -0.2) is 9.97 Å². The Hall–Kier alpha value is -2.35. The summed E-state index contributed by atoms with van der Waals surface area (Å²) >= 11 is 0.959. The van der Waals surface area contributed by atoms with Gasteiger partial charge in [-0.2, -0.15) is 8.78 Å². The molecule has 0 saturated heterocycles. The van der Waals surface area contributed by atoms with E-state index < -0.39 is 5.92 Å². The molecule has 0 bridgehead atoms. The summed E-state index contributed by atoms with van der Waals surface area (Å²) in [6, 6.07) is 1.73. The van der Waals surface area contributed by atoms with Crippen LogP contribution in [0.15, 0.2) is 24.7 Å². The molecule has 0 aliphatic heterocycles. The number of aromatic nitrogens is 3. The number of thiazole rings is 1. The Morgan fingerprint density at radius 1 is 1.35 bits per heavy atom. The molecule has 0 unspecified atom stereocenters. The molecule has 0 fully saturated rings. The zero-order valence-corrected chi connectivity index (χ0v) is 13.5. The van der Waals surface area contributed by atoms with Gasteiger partial charge in [-0.1, -0.05) is 0 Å². The van der Waals surface area contributed by atoms with Crippen LogP contribution in [0.5, 0.6) is 0 Å². The Kier molecular flexibility index (Phi) is 3.63. The number of nitrogens with one attached hydrogen (secondary N) is 1. The predicted molar refractivity (Wildman–Crippen MR) is 85.7 cm³/mol. The average molecular weight is 336 g/mol. The average Bonchev–Trinajstić information content (AvgIpc) is 3.03. The van der Waals surface area contributed by atoms with Crippen LogP contribution in [0, 0.1) is 0 Å². The van der Waals surface area contributed by atoms with Crippen LogP contribution in [0.1, 0.15) is 18.9 Å². The highest BCUT2D eigenvalue weighted by molar-refractivity contribution is 7.15. The summed E-state index contributed by atoms with van der Waals surface area (Å²) in [5.74, 6) is -2.76. The van der Waals surface area contributed by atoms with Crippen molar-refractivity contribution < 1.29 is 13.6 Å². The number of pyridine rings is 1. The van der Waals surface area contributed by atoms with E-state index >= 15 is 0 Å². The van der Waals surface area contributed by atoms with Gasteiger partial charge in [-0.15, -0.1) is 11.3 Å². The molecule has 3 rings (SSSR count). The van der Waals surface area contributed by atoms with Gasteiger partial charge in [0.25, 0.3) is 5.92 Å². The molecule has 23 heavy (non-hydrogen) atoms. The third-order valence-corrected chi connectivity index (χ3v) is 4.53. The maximum atomic E-state index is 13.4. The maximum absolute atomic E-state index is 13.4. The monoisotopic (exact) mass is 336 g/mol. The normalized spacial score (nSPS) is 11.9. The number of nitrogens with zero attached hydrogens (tertiary/aromatic N) is 3. The number of alkyl halides is 2. The van der Waals surface area contributed by atoms with Crippen LogP contribution in [-0.2, 0) is 17.8 Å². The summed E-state index contributed by atoms with van der Waals surface area (Å²) in [6.07, 6.45) is 4.93. The van der Waals surface area contributed by atoms with E-state index in [-0.39, 0.29) is 10.9 Å². The molecule has 0 radical (unpaired) electrons. The fourth-order valence-electron chi connectivity index (χ4n) is 2.32. The van der Waals surface area contributed by atoms with Gasteiger partial charge >= 0.3 is 0 Å². The van der Waals surface area contributed by atoms with Crippen molar-refractivity contribution in [2.45, 2.75) is 19.8 Å². The van der Waals surface area contributed by atoms with Crippen LogP contribution in [0.3, 0.4) is 0 Å². The molecule has 0 aliphatic rings. The quantitative estimate of drug-likeness (QED) is 0.792. The second kappa shape index (κ2) is 5.38. The van der Waals surface area contributed by atoms with Crippen LogP contribution < -0.4 is 5.32 Å². The summed E-state index contributed by atoms with van der Waals surface area (Å²) in [5.41, 5.74) is 1.62. The lowest BCUT2D eigenvalue weighted by Gasteiger charge is -2.04. The first-order chi connectivity index (χ1) is 10.8. The zero-order chi connectivity index (χ0) is 16.8. The van der Waals surface area contributed by atoms with E-state index in [0.29, 0.717) is 10.7 Å².